The van der Waals surface area contributed by atoms with Crippen LogP contribution in [0.25, 0.3) is 0 Å². The van der Waals surface area contributed by atoms with Crippen LogP contribution in [-0.4, -0.2) is 56.4 Å². The lowest BCUT2D eigenvalue weighted by molar-refractivity contribution is 0.0263. The highest BCUT2D eigenvalue weighted by atomic mass is 16.5. The van der Waals surface area contributed by atoms with Gasteiger partial charge in [0.2, 0.25) is 0 Å². The minimum Gasteiger partial charge on any atom is -0.383 e. The normalized spacial score (nSPS) is 36.4. The van der Waals surface area contributed by atoms with E-state index in [2.05, 4.69) is 10.6 Å². The fourth-order valence-corrected chi connectivity index (χ4v) is 4.41. The van der Waals surface area contributed by atoms with Gasteiger partial charge in [0.25, 0.3) is 0 Å². The largest absolute Gasteiger partial charge is 0.383 e. The summed E-state index contributed by atoms with van der Waals surface area (Å²) < 4.78 is 4.98. The Bertz CT molecular complexity index is 363. The molecular formula is C15H27N3O2. The highest BCUT2D eigenvalue weighted by molar-refractivity contribution is 5.74. The minimum atomic E-state index is 0.0806. The molecule has 3 atom stereocenters. The number of fused-ring (bicyclic) bond motifs is 1. The van der Waals surface area contributed by atoms with Crippen LogP contribution >= 0.6 is 0 Å². The summed E-state index contributed by atoms with van der Waals surface area (Å²) in [5, 5.41) is 6.72. The quantitative estimate of drug-likeness (QED) is 0.761. The summed E-state index contributed by atoms with van der Waals surface area (Å²) in [7, 11) is 1.66. The van der Waals surface area contributed by atoms with Gasteiger partial charge in [0.15, 0.2) is 0 Å². The maximum Gasteiger partial charge on any atom is 0.317 e. The van der Waals surface area contributed by atoms with Gasteiger partial charge < -0.3 is 20.3 Å². The van der Waals surface area contributed by atoms with Crippen molar-refractivity contribution in [2.45, 2.75) is 37.6 Å². The fraction of sp³-hybridized carbons (Fsp3) is 0.933. The smallest absolute Gasteiger partial charge is 0.317 e. The number of nitrogens with one attached hydrogen (secondary N) is 2. The van der Waals surface area contributed by atoms with Crippen molar-refractivity contribution in [1.29, 1.82) is 0 Å². The van der Waals surface area contributed by atoms with Gasteiger partial charge in [-0.2, -0.15) is 0 Å². The summed E-state index contributed by atoms with van der Waals surface area (Å²) in [6.07, 6.45) is 6.42. The molecule has 5 nitrogen and oxygen atoms in total. The average molecular weight is 281 g/mol. The van der Waals surface area contributed by atoms with E-state index < -0.39 is 0 Å². The first-order valence-electron chi connectivity index (χ1n) is 8.03. The maximum atomic E-state index is 12.2. The molecule has 114 valence electrons. The molecule has 3 aliphatic rings. The number of rotatable bonds is 4. The predicted molar refractivity (Wildman–Crippen MR) is 77.6 cm³/mol. The van der Waals surface area contributed by atoms with Crippen molar-refractivity contribution in [3.63, 3.8) is 0 Å². The first-order chi connectivity index (χ1) is 9.76. The van der Waals surface area contributed by atoms with Crippen molar-refractivity contribution >= 4 is 6.03 Å². The summed E-state index contributed by atoms with van der Waals surface area (Å²) >= 11 is 0. The van der Waals surface area contributed by atoms with Gasteiger partial charge in [-0.3, -0.25) is 0 Å². The number of likely N-dealkylation sites (tertiary alicyclic amines) is 1. The van der Waals surface area contributed by atoms with Crippen LogP contribution in [0.3, 0.4) is 0 Å². The number of carbonyl (C=O) groups excluding carboxylic acids is 1. The molecule has 0 aromatic heterocycles. The molecular weight excluding hydrogens is 254 g/mol. The lowest BCUT2D eigenvalue weighted by atomic mass is 9.59. The Morgan fingerprint density at radius 3 is 3.00 bits per heavy atom. The molecule has 2 amide bonds. The van der Waals surface area contributed by atoms with E-state index >= 15 is 0 Å². The van der Waals surface area contributed by atoms with Crippen molar-refractivity contribution in [2.24, 2.45) is 11.8 Å². The Morgan fingerprint density at radius 2 is 2.30 bits per heavy atom. The number of amides is 2. The van der Waals surface area contributed by atoms with Crippen LogP contribution < -0.4 is 10.6 Å². The molecule has 0 bridgehead atoms. The molecule has 2 N–H and O–H groups in total. The van der Waals surface area contributed by atoms with Gasteiger partial charge in [0.1, 0.15) is 0 Å². The van der Waals surface area contributed by atoms with E-state index in [1.807, 2.05) is 4.90 Å². The molecule has 1 saturated carbocycles. The molecule has 5 heteroatoms. The number of carbonyl (C=O) groups is 1. The number of nitrogens with zero attached hydrogens (tertiary/aromatic N) is 1. The maximum absolute atomic E-state index is 12.2. The number of piperidine rings is 1. The molecule has 0 radical (unpaired) electrons. The highest BCUT2D eigenvalue weighted by Crippen LogP contribution is 2.51. The Kier molecular flexibility index (Phi) is 4.17. The molecule has 1 aliphatic carbocycles. The lowest BCUT2D eigenvalue weighted by Gasteiger charge is -2.53. The van der Waals surface area contributed by atoms with E-state index in [9.17, 15) is 4.79 Å². The number of ether oxygens (including phenoxy) is 1. The third-order valence-electron chi connectivity index (χ3n) is 5.60. The minimum absolute atomic E-state index is 0.0806. The second-order valence-electron chi connectivity index (χ2n) is 6.50. The average Bonchev–Trinajstić information content (AvgIpc) is 2.75. The van der Waals surface area contributed by atoms with Crippen molar-refractivity contribution in [3.8, 4) is 0 Å². The lowest BCUT2D eigenvalue weighted by Crippen LogP contribution is -2.62. The molecule has 3 fully saturated rings. The topological polar surface area (TPSA) is 53.6 Å². The third-order valence-corrected chi connectivity index (χ3v) is 5.60. The van der Waals surface area contributed by atoms with E-state index in [1.54, 1.807) is 7.11 Å². The van der Waals surface area contributed by atoms with E-state index in [0.717, 1.165) is 25.4 Å². The van der Waals surface area contributed by atoms with Gasteiger partial charge in [0, 0.05) is 32.3 Å². The second kappa shape index (κ2) is 5.90. The summed E-state index contributed by atoms with van der Waals surface area (Å²) in [5.74, 6) is 1.51. The van der Waals surface area contributed by atoms with E-state index in [1.165, 1.54) is 32.2 Å². The SMILES string of the molecule is COCCNC(=O)N1CCCC(C23CCC2CCN3)C1. The number of hydrogen-bond acceptors (Lipinski definition) is 3. The van der Waals surface area contributed by atoms with Crippen LogP contribution in [0.15, 0.2) is 0 Å². The Labute approximate surface area is 121 Å². The van der Waals surface area contributed by atoms with Crippen LogP contribution in [0.2, 0.25) is 0 Å². The fourth-order valence-electron chi connectivity index (χ4n) is 4.41. The van der Waals surface area contributed by atoms with Gasteiger partial charge in [-0.1, -0.05) is 0 Å². The van der Waals surface area contributed by atoms with Gasteiger partial charge >= 0.3 is 6.03 Å². The first-order valence-corrected chi connectivity index (χ1v) is 8.03. The van der Waals surface area contributed by atoms with Gasteiger partial charge in [-0.15, -0.1) is 0 Å². The summed E-state index contributed by atoms with van der Waals surface area (Å²) in [5.41, 5.74) is 0.367. The Hall–Kier alpha value is -0.810. The molecule has 0 aromatic rings. The Balaban J connectivity index is 1.55. The van der Waals surface area contributed by atoms with Crippen LogP contribution in [0, 0.1) is 11.8 Å². The van der Waals surface area contributed by atoms with Crippen LogP contribution in [0.4, 0.5) is 4.79 Å². The van der Waals surface area contributed by atoms with Crippen LogP contribution in [0.5, 0.6) is 0 Å². The summed E-state index contributed by atoms with van der Waals surface area (Å²) in [4.78, 5) is 14.2. The molecule has 20 heavy (non-hydrogen) atoms. The monoisotopic (exact) mass is 281 g/mol. The zero-order valence-electron chi connectivity index (χ0n) is 12.5. The number of urea groups is 1. The molecule has 0 aromatic carbocycles. The zero-order valence-corrected chi connectivity index (χ0v) is 12.5. The standard InChI is InChI=1S/C15H27N3O2/c1-20-10-8-16-14(19)18-9-2-3-13(11-18)15-6-4-12(15)5-7-17-15/h12-13,17H,2-11H2,1H3,(H,16,19). The van der Waals surface area contributed by atoms with Gasteiger partial charge in [-0.25, -0.2) is 4.79 Å². The molecule has 2 saturated heterocycles. The van der Waals surface area contributed by atoms with E-state index in [4.69, 9.17) is 4.74 Å². The molecule has 2 heterocycles. The Morgan fingerprint density at radius 1 is 1.40 bits per heavy atom. The van der Waals surface area contributed by atoms with Crippen molar-refractivity contribution in [1.82, 2.24) is 15.5 Å². The molecule has 3 unspecified atom stereocenters. The second-order valence-corrected chi connectivity index (χ2v) is 6.50. The van der Waals surface area contributed by atoms with Crippen LogP contribution in [-0.2, 0) is 4.74 Å². The number of methoxy groups -OCH3 is 1. The van der Waals surface area contributed by atoms with E-state index in [0.29, 0.717) is 24.6 Å². The summed E-state index contributed by atoms with van der Waals surface area (Å²) in [6.45, 7) is 4.17. The number of hydrogen-bond donors (Lipinski definition) is 2. The van der Waals surface area contributed by atoms with Gasteiger partial charge in [0.05, 0.1) is 6.61 Å². The first kappa shape index (κ1) is 14.1. The predicted octanol–water partition coefficient (Wildman–Crippen LogP) is 1.20. The molecule has 3 rings (SSSR count). The van der Waals surface area contributed by atoms with Crippen molar-refractivity contribution in [2.75, 3.05) is 39.9 Å². The molecule has 0 spiro atoms. The summed E-state index contributed by atoms with van der Waals surface area (Å²) in [6, 6.07) is 0.0806. The van der Waals surface area contributed by atoms with E-state index in [-0.39, 0.29) is 6.03 Å². The molecule has 2 aliphatic heterocycles. The third kappa shape index (κ3) is 2.42. The van der Waals surface area contributed by atoms with Crippen molar-refractivity contribution in [3.05, 3.63) is 0 Å². The van der Waals surface area contributed by atoms with Gasteiger partial charge in [-0.05, 0) is 50.5 Å². The highest BCUT2D eigenvalue weighted by Gasteiger charge is 2.54. The zero-order chi connectivity index (χ0) is 14.0. The van der Waals surface area contributed by atoms with Crippen LogP contribution in [0.1, 0.15) is 32.1 Å². The van der Waals surface area contributed by atoms with Crippen molar-refractivity contribution < 1.29 is 9.53 Å².